The summed E-state index contributed by atoms with van der Waals surface area (Å²) in [4.78, 5) is 13.9. The first-order valence-corrected chi connectivity index (χ1v) is 7.71. The van der Waals surface area contributed by atoms with Gasteiger partial charge in [-0.15, -0.1) is 5.10 Å². The van der Waals surface area contributed by atoms with E-state index in [1.54, 1.807) is 22.7 Å². The average molecular weight is 328 g/mol. The fraction of sp³-hybridized carbons (Fsp3) is 0.375. The van der Waals surface area contributed by atoms with E-state index >= 15 is 0 Å². The molecule has 2 aromatic heterocycles. The number of fused-ring (bicyclic) bond motifs is 1. The molecule has 3 rings (SSSR count). The first-order valence-electron chi connectivity index (χ1n) is 7.71. The van der Waals surface area contributed by atoms with Crippen LogP contribution in [0.1, 0.15) is 31.2 Å². The molecule has 2 heterocycles. The zero-order chi connectivity index (χ0) is 17.3. The van der Waals surface area contributed by atoms with Crippen molar-refractivity contribution in [3.8, 4) is 0 Å². The lowest BCUT2D eigenvalue weighted by molar-refractivity contribution is 0.219. The van der Waals surface area contributed by atoms with Gasteiger partial charge < -0.3 is 14.7 Å². The van der Waals surface area contributed by atoms with Gasteiger partial charge in [0.15, 0.2) is 0 Å². The van der Waals surface area contributed by atoms with Crippen LogP contribution in [0.25, 0.3) is 11.0 Å². The highest BCUT2D eigenvalue weighted by Crippen LogP contribution is 2.18. The highest BCUT2D eigenvalue weighted by Gasteiger charge is 2.14. The van der Waals surface area contributed by atoms with Crippen LogP contribution in [0.15, 0.2) is 28.8 Å². The Morgan fingerprint density at radius 1 is 1.38 bits per heavy atom. The minimum atomic E-state index is -0.229. The van der Waals surface area contributed by atoms with E-state index in [-0.39, 0.29) is 11.9 Å². The summed E-state index contributed by atoms with van der Waals surface area (Å²) in [5.74, 6) is 1.08. The Morgan fingerprint density at radius 2 is 2.17 bits per heavy atom. The van der Waals surface area contributed by atoms with Crippen LogP contribution >= 0.6 is 0 Å². The molecule has 0 atom stereocenters. The second kappa shape index (κ2) is 6.31. The summed E-state index contributed by atoms with van der Waals surface area (Å²) in [5.41, 5.74) is 3.03. The number of aromatic nitrogens is 4. The predicted octanol–water partition coefficient (Wildman–Crippen LogP) is 2.74. The van der Waals surface area contributed by atoms with Gasteiger partial charge in [-0.1, -0.05) is 24.2 Å². The number of nitrogens with zero attached hydrogens (tertiary/aromatic N) is 5. The van der Waals surface area contributed by atoms with Gasteiger partial charge >= 0.3 is 6.03 Å². The molecule has 0 saturated heterocycles. The summed E-state index contributed by atoms with van der Waals surface area (Å²) < 4.78 is 6.93. The Kier molecular flexibility index (Phi) is 4.20. The molecule has 8 heteroatoms. The molecule has 0 unspecified atom stereocenters. The van der Waals surface area contributed by atoms with Crippen molar-refractivity contribution in [2.75, 3.05) is 12.4 Å². The standard InChI is InChI=1S/C16H20N6O2/c1-10(2)15-8-12(19-24-15)9-21(3)16(23)17-11-5-6-14-13(7-11)18-20-22(14)4/h5-8,10H,9H2,1-4H3,(H,17,23). The molecule has 0 bridgehead atoms. The Labute approximate surface area is 139 Å². The Hall–Kier alpha value is -2.90. The quantitative estimate of drug-likeness (QED) is 0.795. The predicted molar refractivity (Wildman–Crippen MR) is 89.6 cm³/mol. The van der Waals surface area contributed by atoms with Crippen LogP contribution in [-0.2, 0) is 13.6 Å². The number of nitrogens with one attached hydrogen (secondary N) is 1. The first kappa shape index (κ1) is 16.0. The van der Waals surface area contributed by atoms with Crippen LogP contribution in [0.3, 0.4) is 0 Å². The van der Waals surface area contributed by atoms with Crippen molar-refractivity contribution in [1.82, 2.24) is 25.1 Å². The number of hydrogen-bond acceptors (Lipinski definition) is 5. The molecule has 1 N–H and O–H groups in total. The maximum Gasteiger partial charge on any atom is 0.321 e. The normalized spacial score (nSPS) is 11.2. The topological polar surface area (TPSA) is 89.1 Å². The lowest BCUT2D eigenvalue weighted by Crippen LogP contribution is -2.30. The zero-order valence-corrected chi connectivity index (χ0v) is 14.1. The Balaban J connectivity index is 1.66. The molecule has 0 radical (unpaired) electrons. The van der Waals surface area contributed by atoms with E-state index in [0.29, 0.717) is 12.2 Å². The number of urea groups is 1. The van der Waals surface area contributed by atoms with Crippen LogP contribution in [0, 0.1) is 0 Å². The highest BCUT2D eigenvalue weighted by atomic mass is 16.5. The van der Waals surface area contributed by atoms with Crippen LogP contribution < -0.4 is 5.32 Å². The third-order valence-corrected chi connectivity index (χ3v) is 3.75. The number of benzene rings is 1. The fourth-order valence-corrected chi connectivity index (χ4v) is 2.33. The van der Waals surface area contributed by atoms with Crippen LogP contribution in [0.2, 0.25) is 0 Å². The number of anilines is 1. The largest absolute Gasteiger partial charge is 0.361 e. The summed E-state index contributed by atoms with van der Waals surface area (Å²) in [6, 6.07) is 7.13. The van der Waals surface area contributed by atoms with Crippen molar-refractivity contribution in [2.45, 2.75) is 26.3 Å². The van der Waals surface area contributed by atoms with Crippen molar-refractivity contribution in [3.05, 3.63) is 35.7 Å². The molecule has 1 aromatic carbocycles. The molecule has 0 saturated carbocycles. The van der Waals surface area contributed by atoms with Crippen molar-refractivity contribution in [3.63, 3.8) is 0 Å². The monoisotopic (exact) mass is 328 g/mol. The lowest BCUT2D eigenvalue weighted by Gasteiger charge is -2.16. The summed E-state index contributed by atoms with van der Waals surface area (Å²) in [5, 5.41) is 14.8. The summed E-state index contributed by atoms with van der Waals surface area (Å²) in [6.07, 6.45) is 0. The summed E-state index contributed by atoms with van der Waals surface area (Å²) in [7, 11) is 3.53. The number of carbonyl (C=O) groups excluding carboxylic acids is 1. The second-order valence-electron chi connectivity index (χ2n) is 6.08. The minimum absolute atomic E-state index is 0.229. The number of rotatable bonds is 4. The molecule has 8 nitrogen and oxygen atoms in total. The molecule has 0 aliphatic rings. The van der Waals surface area contributed by atoms with Gasteiger partial charge in [-0.05, 0) is 18.2 Å². The van der Waals surface area contributed by atoms with E-state index in [1.807, 2.05) is 39.1 Å². The number of amides is 2. The first-order chi connectivity index (χ1) is 11.4. The van der Waals surface area contributed by atoms with Crippen molar-refractivity contribution < 1.29 is 9.32 Å². The van der Waals surface area contributed by atoms with Gasteiger partial charge in [0, 0.05) is 31.8 Å². The lowest BCUT2D eigenvalue weighted by atomic mass is 10.1. The highest BCUT2D eigenvalue weighted by molar-refractivity contribution is 5.91. The number of hydrogen-bond donors (Lipinski definition) is 1. The third-order valence-electron chi connectivity index (χ3n) is 3.75. The third kappa shape index (κ3) is 3.22. The molecule has 0 aliphatic carbocycles. The van der Waals surface area contributed by atoms with Gasteiger partial charge in [-0.25, -0.2) is 9.48 Å². The van der Waals surface area contributed by atoms with Gasteiger partial charge in [0.2, 0.25) is 0 Å². The second-order valence-corrected chi connectivity index (χ2v) is 6.08. The van der Waals surface area contributed by atoms with Crippen molar-refractivity contribution in [1.29, 1.82) is 0 Å². The molecule has 2 amide bonds. The summed E-state index contributed by atoms with van der Waals surface area (Å²) >= 11 is 0. The van der Waals surface area contributed by atoms with Gasteiger partial charge in [0.05, 0.1) is 12.1 Å². The van der Waals surface area contributed by atoms with Crippen molar-refractivity contribution >= 4 is 22.8 Å². The molecule has 0 spiro atoms. The molecule has 0 aliphatic heterocycles. The van der Waals surface area contributed by atoms with Crippen molar-refractivity contribution in [2.24, 2.45) is 7.05 Å². The van der Waals surface area contributed by atoms with E-state index in [0.717, 1.165) is 22.5 Å². The van der Waals surface area contributed by atoms with E-state index in [4.69, 9.17) is 4.52 Å². The summed E-state index contributed by atoms with van der Waals surface area (Å²) in [6.45, 7) is 4.43. The van der Waals surface area contributed by atoms with Crippen LogP contribution in [-0.4, -0.2) is 38.1 Å². The molecule has 0 fully saturated rings. The van der Waals surface area contributed by atoms with E-state index < -0.39 is 0 Å². The van der Waals surface area contributed by atoms with E-state index in [9.17, 15) is 4.79 Å². The average Bonchev–Trinajstić information content (AvgIpc) is 3.14. The number of aryl methyl sites for hydroxylation is 1. The fourth-order valence-electron chi connectivity index (χ4n) is 2.33. The van der Waals surface area contributed by atoms with Gasteiger partial charge in [-0.2, -0.15) is 0 Å². The van der Waals surface area contributed by atoms with Gasteiger partial charge in [-0.3, -0.25) is 0 Å². The Morgan fingerprint density at radius 3 is 2.88 bits per heavy atom. The minimum Gasteiger partial charge on any atom is -0.361 e. The number of carbonyl (C=O) groups is 1. The van der Waals surface area contributed by atoms with Crippen LogP contribution in [0.5, 0.6) is 0 Å². The maximum atomic E-state index is 12.3. The van der Waals surface area contributed by atoms with E-state index in [1.165, 1.54) is 0 Å². The van der Waals surface area contributed by atoms with Gasteiger partial charge in [0.25, 0.3) is 0 Å². The van der Waals surface area contributed by atoms with Gasteiger partial charge in [0.1, 0.15) is 17.0 Å². The zero-order valence-electron chi connectivity index (χ0n) is 14.1. The van der Waals surface area contributed by atoms with E-state index in [2.05, 4.69) is 20.8 Å². The smallest absolute Gasteiger partial charge is 0.321 e. The SMILES string of the molecule is CC(C)c1cc(CN(C)C(=O)Nc2ccc3c(c2)nnn3C)no1. The maximum absolute atomic E-state index is 12.3. The molecule has 24 heavy (non-hydrogen) atoms. The molecular formula is C16H20N6O2. The molecule has 126 valence electrons. The molecular weight excluding hydrogens is 308 g/mol. The Bertz CT molecular complexity index is 866. The van der Waals surface area contributed by atoms with Crippen LogP contribution in [0.4, 0.5) is 10.5 Å². The molecule has 3 aromatic rings.